The Labute approximate surface area is 187 Å². The second-order valence-electron chi connectivity index (χ2n) is 7.68. The smallest absolute Gasteiger partial charge is 0.262 e. The number of aryl methyl sites for hydroxylation is 1. The van der Waals surface area contributed by atoms with Crippen LogP contribution < -0.4 is 9.62 Å². The molecule has 32 heavy (non-hydrogen) atoms. The van der Waals surface area contributed by atoms with E-state index >= 15 is 0 Å². The summed E-state index contributed by atoms with van der Waals surface area (Å²) in [5.41, 5.74) is 2.49. The quantitative estimate of drug-likeness (QED) is 0.636. The van der Waals surface area contributed by atoms with E-state index in [9.17, 15) is 17.6 Å². The van der Waals surface area contributed by atoms with Crippen molar-refractivity contribution in [1.82, 2.24) is 4.90 Å². The van der Waals surface area contributed by atoms with E-state index in [0.29, 0.717) is 26.2 Å². The third kappa shape index (κ3) is 4.60. The molecule has 1 saturated heterocycles. The molecule has 4 rings (SSSR count). The molecule has 166 valence electrons. The second kappa shape index (κ2) is 9.00. The van der Waals surface area contributed by atoms with E-state index in [4.69, 9.17) is 0 Å². The predicted molar refractivity (Wildman–Crippen MR) is 123 cm³/mol. The van der Waals surface area contributed by atoms with Crippen LogP contribution in [0.4, 0.5) is 15.8 Å². The number of sulfonamides is 1. The highest BCUT2D eigenvalue weighted by Gasteiger charge is 2.24. The Balaban J connectivity index is 1.47. The number of halogens is 1. The molecule has 0 atom stereocenters. The first-order chi connectivity index (χ1) is 15.3. The van der Waals surface area contributed by atoms with Gasteiger partial charge in [-0.1, -0.05) is 36.4 Å². The largest absolute Gasteiger partial charge is 0.368 e. The molecule has 3 aromatic carbocycles. The minimum atomic E-state index is -4.04. The number of para-hydroxylation sites is 2. The third-order valence-electron chi connectivity index (χ3n) is 5.53. The maximum absolute atomic E-state index is 13.9. The summed E-state index contributed by atoms with van der Waals surface area (Å²) in [6, 6.07) is 19.5. The molecule has 1 fully saturated rings. The first kappa shape index (κ1) is 21.8. The summed E-state index contributed by atoms with van der Waals surface area (Å²) in [7, 11) is -4.04. The van der Waals surface area contributed by atoms with E-state index in [1.54, 1.807) is 11.0 Å². The average molecular weight is 454 g/mol. The summed E-state index contributed by atoms with van der Waals surface area (Å²) < 4.78 is 41.6. The molecule has 0 aromatic heterocycles. The van der Waals surface area contributed by atoms with Gasteiger partial charge in [0.1, 0.15) is 5.82 Å². The Kier molecular flexibility index (Phi) is 6.14. The van der Waals surface area contributed by atoms with Crippen LogP contribution in [0.15, 0.2) is 77.7 Å². The van der Waals surface area contributed by atoms with Crippen LogP contribution in [0.5, 0.6) is 0 Å². The lowest BCUT2D eigenvalue weighted by Crippen LogP contribution is -2.49. The minimum absolute atomic E-state index is 0.0925. The molecule has 0 aliphatic carbocycles. The van der Waals surface area contributed by atoms with Crippen LogP contribution in [0.25, 0.3) is 0 Å². The maximum Gasteiger partial charge on any atom is 0.262 e. The predicted octanol–water partition coefficient (Wildman–Crippen LogP) is 3.90. The average Bonchev–Trinajstić information content (AvgIpc) is 2.81. The van der Waals surface area contributed by atoms with Crippen LogP contribution in [0.2, 0.25) is 0 Å². The van der Waals surface area contributed by atoms with E-state index in [1.807, 2.05) is 12.1 Å². The molecular formula is C24H24FN3O3S. The van der Waals surface area contributed by atoms with Gasteiger partial charge >= 0.3 is 0 Å². The van der Waals surface area contributed by atoms with E-state index in [0.717, 1.165) is 5.69 Å². The Bertz CT molecular complexity index is 1240. The summed E-state index contributed by atoms with van der Waals surface area (Å²) in [5.74, 6) is -0.896. The molecule has 1 N–H and O–H groups in total. The molecule has 0 bridgehead atoms. The van der Waals surface area contributed by atoms with Crippen molar-refractivity contribution in [3.63, 3.8) is 0 Å². The normalized spacial score (nSPS) is 14.3. The number of rotatable bonds is 5. The summed E-state index contributed by atoms with van der Waals surface area (Å²) in [6.45, 7) is 4.54. The zero-order valence-electron chi connectivity index (χ0n) is 17.7. The van der Waals surface area contributed by atoms with Crippen LogP contribution in [0, 0.1) is 12.7 Å². The first-order valence-corrected chi connectivity index (χ1v) is 11.8. The third-order valence-corrected chi connectivity index (χ3v) is 6.90. The molecule has 1 aliphatic heterocycles. The molecule has 3 aromatic rings. The van der Waals surface area contributed by atoms with E-state index in [1.165, 1.54) is 48.0 Å². The van der Waals surface area contributed by atoms with E-state index < -0.39 is 15.8 Å². The molecule has 0 radical (unpaired) electrons. The van der Waals surface area contributed by atoms with Gasteiger partial charge in [0.15, 0.2) is 0 Å². The Hall–Kier alpha value is -3.39. The van der Waals surface area contributed by atoms with Crippen molar-refractivity contribution in [2.75, 3.05) is 35.8 Å². The van der Waals surface area contributed by atoms with Crippen molar-refractivity contribution in [1.29, 1.82) is 0 Å². The maximum atomic E-state index is 13.9. The van der Waals surface area contributed by atoms with Crippen LogP contribution in [0.1, 0.15) is 15.9 Å². The number of nitrogens with one attached hydrogen (secondary N) is 1. The van der Waals surface area contributed by atoms with Crippen LogP contribution >= 0.6 is 0 Å². The van der Waals surface area contributed by atoms with Crippen LogP contribution in [-0.2, 0) is 10.0 Å². The number of carbonyl (C=O) groups is 1. The topological polar surface area (TPSA) is 69.7 Å². The fourth-order valence-corrected chi connectivity index (χ4v) is 4.91. The molecule has 1 heterocycles. The zero-order chi connectivity index (χ0) is 22.7. The van der Waals surface area contributed by atoms with Gasteiger partial charge in [-0.2, -0.15) is 0 Å². The van der Waals surface area contributed by atoms with E-state index in [-0.39, 0.29) is 22.1 Å². The number of hydrogen-bond donors (Lipinski definition) is 1. The molecule has 0 unspecified atom stereocenters. The Morgan fingerprint density at radius 1 is 0.906 bits per heavy atom. The molecule has 0 spiro atoms. The lowest BCUT2D eigenvalue weighted by molar-refractivity contribution is 0.0746. The summed E-state index contributed by atoms with van der Waals surface area (Å²) >= 11 is 0. The van der Waals surface area contributed by atoms with Gasteiger partial charge in [-0.15, -0.1) is 0 Å². The lowest BCUT2D eigenvalue weighted by atomic mass is 10.1. The van der Waals surface area contributed by atoms with Gasteiger partial charge in [-0.05, 0) is 48.9 Å². The zero-order valence-corrected chi connectivity index (χ0v) is 18.5. The molecule has 0 saturated carbocycles. The Morgan fingerprint density at radius 2 is 1.59 bits per heavy atom. The fourth-order valence-electron chi connectivity index (χ4n) is 3.80. The molecular weight excluding hydrogens is 429 g/mol. The number of anilines is 2. The monoisotopic (exact) mass is 453 g/mol. The van der Waals surface area contributed by atoms with Gasteiger partial charge in [0.2, 0.25) is 0 Å². The van der Waals surface area contributed by atoms with Crippen molar-refractivity contribution in [2.45, 2.75) is 11.8 Å². The standard InChI is InChI=1S/C24H24FN3O3S/c1-18-7-2-5-12-23(18)27-13-15-28(16-14-27)24(29)19-8-6-9-20(17-19)32(30,31)26-22-11-4-3-10-21(22)25/h2-12,17,26H,13-16H2,1H3. The first-order valence-electron chi connectivity index (χ1n) is 10.3. The van der Waals surface area contributed by atoms with Crippen molar-refractivity contribution >= 4 is 27.3 Å². The van der Waals surface area contributed by atoms with Gasteiger partial charge in [0.25, 0.3) is 15.9 Å². The van der Waals surface area contributed by atoms with Gasteiger partial charge < -0.3 is 9.80 Å². The SMILES string of the molecule is Cc1ccccc1N1CCN(C(=O)c2cccc(S(=O)(=O)Nc3ccccc3F)c2)CC1. The second-order valence-corrected chi connectivity index (χ2v) is 9.36. The Morgan fingerprint density at radius 3 is 2.31 bits per heavy atom. The van der Waals surface area contributed by atoms with Crippen molar-refractivity contribution < 1.29 is 17.6 Å². The van der Waals surface area contributed by atoms with Gasteiger partial charge in [-0.25, -0.2) is 12.8 Å². The summed E-state index contributed by atoms with van der Waals surface area (Å²) in [5, 5.41) is 0. The van der Waals surface area contributed by atoms with Crippen molar-refractivity contribution in [2.24, 2.45) is 0 Å². The molecule has 6 nitrogen and oxygen atoms in total. The highest BCUT2D eigenvalue weighted by Crippen LogP contribution is 2.23. The number of carbonyl (C=O) groups excluding carboxylic acids is 1. The van der Waals surface area contributed by atoms with Gasteiger partial charge in [0, 0.05) is 37.4 Å². The minimum Gasteiger partial charge on any atom is -0.368 e. The van der Waals surface area contributed by atoms with Crippen molar-refractivity contribution in [3.05, 3.63) is 89.7 Å². The fraction of sp³-hybridized carbons (Fsp3) is 0.208. The number of nitrogens with zero attached hydrogens (tertiary/aromatic N) is 2. The van der Waals surface area contributed by atoms with Gasteiger partial charge in [0.05, 0.1) is 10.6 Å². The van der Waals surface area contributed by atoms with Crippen LogP contribution in [0.3, 0.4) is 0 Å². The number of amides is 1. The molecule has 8 heteroatoms. The number of piperazine rings is 1. The summed E-state index contributed by atoms with van der Waals surface area (Å²) in [6.07, 6.45) is 0. The lowest BCUT2D eigenvalue weighted by Gasteiger charge is -2.36. The highest BCUT2D eigenvalue weighted by molar-refractivity contribution is 7.92. The van der Waals surface area contributed by atoms with Gasteiger partial charge in [-0.3, -0.25) is 9.52 Å². The number of benzene rings is 3. The van der Waals surface area contributed by atoms with E-state index in [2.05, 4.69) is 28.7 Å². The number of hydrogen-bond acceptors (Lipinski definition) is 4. The van der Waals surface area contributed by atoms with Crippen LogP contribution in [-0.4, -0.2) is 45.4 Å². The highest BCUT2D eigenvalue weighted by atomic mass is 32.2. The molecule has 1 amide bonds. The van der Waals surface area contributed by atoms with Crippen molar-refractivity contribution in [3.8, 4) is 0 Å². The molecule has 1 aliphatic rings. The summed E-state index contributed by atoms with van der Waals surface area (Å²) in [4.78, 5) is 16.9.